The minimum atomic E-state index is 0.835. The van der Waals surface area contributed by atoms with Gasteiger partial charge in [0.1, 0.15) is 0 Å². The number of aryl methyl sites for hydroxylation is 1. The molecule has 0 bridgehead atoms. The quantitative estimate of drug-likeness (QED) is 0.711. The third-order valence-corrected chi connectivity index (χ3v) is 2.33. The van der Waals surface area contributed by atoms with E-state index in [1.165, 1.54) is 5.56 Å². The minimum absolute atomic E-state index is 0.835. The molecular formula is C10H16N6. The summed E-state index contributed by atoms with van der Waals surface area (Å²) in [5.74, 6) is 0. The second-order valence-electron chi connectivity index (χ2n) is 3.55. The zero-order valence-electron chi connectivity index (χ0n) is 9.37. The molecule has 6 heteroatoms. The highest BCUT2D eigenvalue weighted by Gasteiger charge is 1.96. The van der Waals surface area contributed by atoms with Crippen LogP contribution in [0.25, 0.3) is 0 Å². The summed E-state index contributed by atoms with van der Waals surface area (Å²) in [4.78, 5) is 0. The van der Waals surface area contributed by atoms with Crippen molar-refractivity contribution in [3.63, 3.8) is 0 Å². The number of hydrogen-bond donors (Lipinski definition) is 1. The van der Waals surface area contributed by atoms with E-state index in [1.807, 2.05) is 21.8 Å². The van der Waals surface area contributed by atoms with Gasteiger partial charge in [0.2, 0.25) is 0 Å². The Morgan fingerprint density at radius 2 is 2.31 bits per heavy atom. The lowest BCUT2D eigenvalue weighted by Gasteiger charge is -2.02. The molecule has 2 rings (SSSR count). The van der Waals surface area contributed by atoms with Crippen molar-refractivity contribution in [2.45, 2.75) is 26.6 Å². The van der Waals surface area contributed by atoms with E-state index in [0.717, 1.165) is 26.2 Å². The van der Waals surface area contributed by atoms with Crippen molar-refractivity contribution in [1.82, 2.24) is 30.1 Å². The Morgan fingerprint density at radius 1 is 1.38 bits per heavy atom. The van der Waals surface area contributed by atoms with E-state index in [2.05, 4.69) is 33.8 Å². The molecule has 0 aliphatic carbocycles. The van der Waals surface area contributed by atoms with Crippen LogP contribution in [0.3, 0.4) is 0 Å². The van der Waals surface area contributed by atoms with Gasteiger partial charge >= 0.3 is 0 Å². The molecule has 2 aromatic heterocycles. The van der Waals surface area contributed by atoms with Gasteiger partial charge in [0, 0.05) is 37.6 Å². The van der Waals surface area contributed by atoms with Crippen LogP contribution in [-0.2, 0) is 19.6 Å². The van der Waals surface area contributed by atoms with Gasteiger partial charge in [0.05, 0.1) is 18.9 Å². The average molecular weight is 220 g/mol. The maximum absolute atomic E-state index is 4.21. The molecule has 0 aromatic carbocycles. The highest BCUT2D eigenvalue weighted by molar-refractivity contribution is 5.02. The van der Waals surface area contributed by atoms with Crippen molar-refractivity contribution in [2.75, 3.05) is 6.54 Å². The summed E-state index contributed by atoms with van der Waals surface area (Å²) in [6, 6.07) is 0. The normalized spacial score (nSPS) is 10.8. The first-order valence-corrected chi connectivity index (χ1v) is 5.44. The minimum Gasteiger partial charge on any atom is -0.311 e. The van der Waals surface area contributed by atoms with E-state index in [-0.39, 0.29) is 0 Å². The predicted octanol–water partition coefficient (Wildman–Crippen LogP) is 0.284. The van der Waals surface area contributed by atoms with Gasteiger partial charge in [-0.05, 0) is 6.92 Å². The van der Waals surface area contributed by atoms with Crippen molar-refractivity contribution in [2.24, 2.45) is 0 Å². The Labute approximate surface area is 94.3 Å². The Balaban J connectivity index is 1.68. The highest BCUT2D eigenvalue weighted by Crippen LogP contribution is 1.96. The average Bonchev–Trinajstić information content (AvgIpc) is 2.95. The Morgan fingerprint density at radius 3 is 3.00 bits per heavy atom. The summed E-state index contributed by atoms with van der Waals surface area (Å²) in [7, 11) is 0. The Kier molecular flexibility index (Phi) is 3.66. The van der Waals surface area contributed by atoms with Crippen LogP contribution in [0.4, 0.5) is 0 Å². The van der Waals surface area contributed by atoms with Gasteiger partial charge in [-0.25, -0.2) is 0 Å². The van der Waals surface area contributed by atoms with Crippen LogP contribution in [0.15, 0.2) is 24.8 Å². The topological polar surface area (TPSA) is 60.6 Å². The van der Waals surface area contributed by atoms with Gasteiger partial charge in [-0.2, -0.15) is 5.10 Å². The molecule has 0 radical (unpaired) electrons. The van der Waals surface area contributed by atoms with Crippen molar-refractivity contribution >= 4 is 0 Å². The SMILES string of the molecule is CCn1cc(CNCCn2ccnn2)cn1. The lowest BCUT2D eigenvalue weighted by Crippen LogP contribution is -2.19. The summed E-state index contributed by atoms with van der Waals surface area (Å²) in [5, 5.41) is 15.2. The molecule has 6 nitrogen and oxygen atoms in total. The molecule has 0 fully saturated rings. The third-order valence-electron chi connectivity index (χ3n) is 2.33. The molecule has 16 heavy (non-hydrogen) atoms. The molecule has 0 aliphatic heterocycles. The van der Waals surface area contributed by atoms with Crippen molar-refractivity contribution < 1.29 is 0 Å². The van der Waals surface area contributed by atoms with E-state index in [9.17, 15) is 0 Å². The number of nitrogens with one attached hydrogen (secondary N) is 1. The molecule has 0 atom stereocenters. The molecule has 0 saturated heterocycles. The molecule has 0 aliphatic rings. The summed E-state index contributed by atoms with van der Waals surface area (Å²) in [6.07, 6.45) is 7.50. The van der Waals surface area contributed by atoms with E-state index in [4.69, 9.17) is 0 Å². The van der Waals surface area contributed by atoms with Crippen LogP contribution >= 0.6 is 0 Å². The van der Waals surface area contributed by atoms with Crippen LogP contribution in [0.5, 0.6) is 0 Å². The van der Waals surface area contributed by atoms with Gasteiger partial charge in [-0.1, -0.05) is 5.21 Å². The first-order chi connectivity index (χ1) is 7.88. The van der Waals surface area contributed by atoms with Crippen LogP contribution in [-0.4, -0.2) is 31.3 Å². The molecule has 0 amide bonds. The van der Waals surface area contributed by atoms with E-state index in [0.29, 0.717) is 0 Å². The fourth-order valence-corrected chi connectivity index (χ4v) is 1.45. The van der Waals surface area contributed by atoms with Gasteiger partial charge in [-0.15, -0.1) is 5.10 Å². The molecule has 0 unspecified atom stereocenters. The Hall–Kier alpha value is -1.69. The monoisotopic (exact) mass is 220 g/mol. The number of nitrogens with zero attached hydrogens (tertiary/aromatic N) is 5. The van der Waals surface area contributed by atoms with Gasteiger partial charge in [-0.3, -0.25) is 9.36 Å². The molecule has 0 spiro atoms. The van der Waals surface area contributed by atoms with Crippen LogP contribution in [0, 0.1) is 0 Å². The molecular weight excluding hydrogens is 204 g/mol. The first kappa shape index (κ1) is 10.8. The molecule has 2 heterocycles. The number of aromatic nitrogens is 5. The van der Waals surface area contributed by atoms with Crippen LogP contribution in [0.2, 0.25) is 0 Å². The lowest BCUT2D eigenvalue weighted by molar-refractivity contribution is 0.540. The summed E-state index contributed by atoms with van der Waals surface area (Å²) in [5.41, 5.74) is 1.21. The highest BCUT2D eigenvalue weighted by atomic mass is 15.4. The maximum Gasteiger partial charge on any atom is 0.0692 e. The zero-order chi connectivity index (χ0) is 11.2. The van der Waals surface area contributed by atoms with Gasteiger partial charge < -0.3 is 5.32 Å². The number of rotatable bonds is 6. The summed E-state index contributed by atoms with van der Waals surface area (Å²) < 4.78 is 3.73. The second kappa shape index (κ2) is 5.41. The van der Waals surface area contributed by atoms with Crippen molar-refractivity contribution in [3.05, 3.63) is 30.4 Å². The van der Waals surface area contributed by atoms with E-state index < -0.39 is 0 Å². The van der Waals surface area contributed by atoms with Crippen molar-refractivity contribution in [1.29, 1.82) is 0 Å². The first-order valence-electron chi connectivity index (χ1n) is 5.44. The summed E-state index contributed by atoms with van der Waals surface area (Å²) in [6.45, 7) is 5.55. The predicted molar refractivity (Wildman–Crippen MR) is 59.6 cm³/mol. The fraction of sp³-hybridized carbons (Fsp3) is 0.500. The Bertz CT molecular complexity index is 405. The summed E-state index contributed by atoms with van der Waals surface area (Å²) >= 11 is 0. The molecule has 2 aromatic rings. The molecule has 0 saturated carbocycles. The molecule has 86 valence electrons. The molecule has 1 N–H and O–H groups in total. The van der Waals surface area contributed by atoms with E-state index in [1.54, 1.807) is 6.20 Å². The standard InChI is InChI=1S/C10H16N6/c1-2-15-9-10(8-13-15)7-11-3-5-16-6-4-12-14-16/h4,6,8-9,11H,2-3,5,7H2,1H3. The smallest absolute Gasteiger partial charge is 0.0692 e. The third kappa shape index (κ3) is 2.90. The van der Waals surface area contributed by atoms with Crippen LogP contribution < -0.4 is 5.32 Å². The van der Waals surface area contributed by atoms with Crippen LogP contribution in [0.1, 0.15) is 12.5 Å². The van der Waals surface area contributed by atoms with E-state index >= 15 is 0 Å². The fourth-order valence-electron chi connectivity index (χ4n) is 1.45. The van der Waals surface area contributed by atoms with Gasteiger partial charge in [0.25, 0.3) is 0 Å². The second-order valence-corrected chi connectivity index (χ2v) is 3.55. The number of hydrogen-bond acceptors (Lipinski definition) is 4. The maximum atomic E-state index is 4.21. The van der Waals surface area contributed by atoms with Gasteiger partial charge in [0.15, 0.2) is 0 Å². The van der Waals surface area contributed by atoms with Crippen molar-refractivity contribution in [3.8, 4) is 0 Å². The largest absolute Gasteiger partial charge is 0.311 e. The lowest BCUT2D eigenvalue weighted by atomic mass is 10.3. The zero-order valence-corrected chi connectivity index (χ0v) is 9.37.